The Balaban J connectivity index is 1.95. The quantitative estimate of drug-likeness (QED) is 0.758. The molecule has 4 amide bonds. The van der Waals surface area contributed by atoms with E-state index in [4.69, 9.17) is 17.3 Å². The van der Waals surface area contributed by atoms with E-state index in [9.17, 15) is 19.2 Å². The summed E-state index contributed by atoms with van der Waals surface area (Å²) in [5, 5.41) is 2.22. The lowest BCUT2D eigenvalue weighted by atomic mass is 10.0. The van der Waals surface area contributed by atoms with Crippen LogP contribution in [0.25, 0.3) is 0 Å². The summed E-state index contributed by atoms with van der Waals surface area (Å²) in [7, 11) is 0. The van der Waals surface area contributed by atoms with Gasteiger partial charge in [-0.05, 0) is 18.1 Å². The maximum atomic E-state index is 12.5. The molecular formula is C14H12ClN3O4. The zero-order chi connectivity index (χ0) is 16.0. The predicted octanol–water partition coefficient (Wildman–Crippen LogP) is 0.200. The number of imide groups is 1. The van der Waals surface area contributed by atoms with E-state index in [0.29, 0.717) is 5.56 Å². The van der Waals surface area contributed by atoms with Crippen LogP contribution in [-0.2, 0) is 16.1 Å². The van der Waals surface area contributed by atoms with Crippen LogP contribution in [0.5, 0.6) is 0 Å². The van der Waals surface area contributed by atoms with E-state index in [1.54, 1.807) is 6.07 Å². The lowest BCUT2D eigenvalue weighted by Crippen LogP contribution is -2.52. The van der Waals surface area contributed by atoms with Crippen LogP contribution < -0.4 is 11.1 Å². The van der Waals surface area contributed by atoms with E-state index in [1.165, 1.54) is 11.0 Å². The minimum atomic E-state index is -0.722. The first kappa shape index (κ1) is 14.5. The molecular weight excluding hydrogens is 310 g/mol. The number of hydrogen-bond acceptors (Lipinski definition) is 4. The first-order valence-electron chi connectivity index (χ1n) is 6.66. The summed E-state index contributed by atoms with van der Waals surface area (Å²) >= 11 is 6.10. The van der Waals surface area contributed by atoms with Crippen molar-refractivity contribution in [2.75, 3.05) is 0 Å². The predicted molar refractivity (Wildman–Crippen MR) is 76.0 cm³/mol. The minimum absolute atomic E-state index is 0.00444. The van der Waals surface area contributed by atoms with Gasteiger partial charge in [0.1, 0.15) is 6.04 Å². The second kappa shape index (κ2) is 5.10. The van der Waals surface area contributed by atoms with Gasteiger partial charge in [0.2, 0.25) is 17.7 Å². The van der Waals surface area contributed by atoms with Gasteiger partial charge in [0.05, 0.1) is 16.1 Å². The second-order valence-corrected chi connectivity index (χ2v) is 5.60. The first-order valence-corrected chi connectivity index (χ1v) is 7.03. The third-order valence-corrected chi connectivity index (χ3v) is 4.29. The zero-order valence-corrected chi connectivity index (χ0v) is 12.1. The number of nitrogens with zero attached hydrogens (tertiary/aromatic N) is 1. The van der Waals surface area contributed by atoms with Crippen LogP contribution in [0, 0.1) is 0 Å². The molecule has 2 aliphatic heterocycles. The van der Waals surface area contributed by atoms with Crippen LogP contribution in [0.3, 0.4) is 0 Å². The minimum Gasteiger partial charge on any atom is -0.366 e. The largest absolute Gasteiger partial charge is 0.366 e. The van der Waals surface area contributed by atoms with E-state index in [0.717, 1.165) is 0 Å². The van der Waals surface area contributed by atoms with Gasteiger partial charge in [0, 0.05) is 13.0 Å². The summed E-state index contributed by atoms with van der Waals surface area (Å²) in [6.45, 7) is 0.208. The van der Waals surface area contributed by atoms with Gasteiger partial charge in [-0.25, -0.2) is 0 Å². The first-order chi connectivity index (χ1) is 10.4. The molecule has 2 heterocycles. The Morgan fingerprint density at radius 3 is 2.68 bits per heavy atom. The smallest absolute Gasteiger partial charge is 0.256 e. The number of amides is 4. The number of carbonyl (C=O) groups excluding carboxylic acids is 4. The topological polar surface area (TPSA) is 110 Å². The molecule has 22 heavy (non-hydrogen) atoms. The number of halogens is 1. The fourth-order valence-corrected chi connectivity index (χ4v) is 3.16. The van der Waals surface area contributed by atoms with Gasteiger partial charge in [-0.2, -0.15) is 0 Å². The van der Waals surface area contributed by atoms with Crippen LogP contribution in [0.15, 0.2) is 12.1 Å². The monoisotopic (exact) mass is 321 g/mol. The highest BCUT2D eigenvalue weighted by Gasteiger charge is 2.40. The van der Waals surface area contributed by atoms with Crippen LogP contribution in [0.1, 0.15) is 39.1 Å². The second-order valence-electron chi connectivity index (χ2n) is 5.23. The molecule has 1 aromatic rings. The van der Waals surface area contributed by atoms with Gasteiger partial charge in [-0.1, -0.05) is 17.7 Å². The fourth-order valence-electron chi connectivity index (χ4n) is 2.80. The van der Waals surface area contributed by atoms with Crippen molar-refractivity contribution in [2.24, 2.45) is 5.73 Å². The average Bonchev–Trinajstić information content (AvgIpc) is 2.77. The molecule has 114 valence electrons. The van der Waals surface area contributed by atoms with Crippen LogP contribution in [0.2, 0.25) is 5.02 Å². The highest BCUT2D eigenvalue weighted by atomic mass is 35.5. The summed E-state index contributed by atoms with van der Waals surface area (Å²) in [4.78, 5) is 48.3. The highest BCUT2D eigenvalue weighted by molar-refractivity contribution is 6.37. The molecule has 1 fully saturated rings. The highest BCUT2D eigenvalue weighted by Crippen LogP contribution is 2.34. The molecule has 2 aliphatic rings. The maximum absolute atomic E-state index is 12.5. The van der Waals surface area contributed by atoms with Gasteiger partial charge in [0.25, 0.3) is 5.91 Å². The standard InChI is InChI=1S/C14H12ClN3O4/c15-11-7(12(16)20)2-1-6-5-18(14(22)10(6)11)8-3-4-9(19)17-13(8)21/h1-2,8H,3-5H2,(H2,16,20)(H,17,19,21). The van der Waals surface area contributed by atoms with E-state index in [-0.39, 0.29) is 41.4 Å². The molecule has 7 nitrogen and oxygen atoms in total. The van der Waals surface area contributed by atoms with Crippen molar-refractivity contribution >= 4 is 35.2 Å². The van der Waals surface area contributed by atoms with Crippen LogP contribution >= 0.6 is 11.6 Å². The van der Waals surface area contributed by atoms with Crippen molar-refractivity contribution in [3.8, 4) is 0 Å². The number of primary amides is 1. The zero-order valence-electron chi connectivity index (χ0n) is 11.4. The van der Waals surface area contributed by atoms with Gasteiger partial charge in [-0.3, -0.25) is 24.5 Å². The maximum Gasteiger partial charge on any atom is 0.256 e. The Kier molecular flexibility index (Phi) is 3.37. The molecule has 1 atom stereocenters. The Bertz CT molecular complexity index is 731. The molecule has 1 aromatic carbocycles. The van der Waals surface area contributed by atoms with Crippen molar-refractivity contribution in [3.05, 3.63) is 33.8 Å². The Morgan fingerprint density at radius 2 is 2.05 bits per heavy atom. The van der Waals surface area contributed by atoms with Crippen LogP contribution in [0.4, 0.5) is 0 Å². The van der Waals surface area contributed by atoms with Crippen molar-refractivity contribution in [1.82, 2.24) is 10.2 Å². The number of nitrogens with two attached hydrogens (primary N) is 1. The number of nitrogens with one attached hydrogen (secondary N) is 1. The molecule has 0 aliphatic carbocycles. The lowest BCUT2D eigenvalue weighted by molar-refractivity contribution is -0.136. The average molecular weight is 322 g/mol. The third-order valence-electron chi connectivity index (χ3n) is 3.90. The number of hydrogen-bond donors (Lipinski definition) is 2. The SMILES string of the molecule is NC(=O)c1ccc2c(c1Cl)C(=O)N(C1CCC(=O)NC1=O)C2. The molecule has 1 unspecified atom stereocenters. The van der Waals surface area contributed by atoms with E-state index >= 15 is 0 Å². The van der Waals surface area contributed by atoms with Crippen molar-refractivity contribution in [1.29, 1.82) is 0 Å². The number of benzene rings is 1. The van der Waals surface area contributed by atoms with Gasteiger partial charge >= 0.3 is 0 Å². The van der Waals surface area contributed by atoms with Gasteiger partial charge in [-0.15, -0.1) is 0 Å². The lowest BCUT2D eigenvalue weighted by Gasteiger charge is -2.29. The molecule has 0 spiro atoms. The molecule has 1 saturated heterocycles. The molecule has 0 saturated carbocycles. The van der Waals surface area contributed by atoms with E-state index < -0.39 is 23.8 Å². The molecule has 3 rings (SSSR count). The van der Waals surface area contributed by atoms with Gasteiger partial charge in [0.15, 0.2) is 0 Å². The molecule has 8 heteroatoms. The summed E-state index contributed by atoms with van der Waals surface area (Å²) in [5.41, 5.74) is 6.11. The molecule has 3 N–H and O–H groups in total. The Morgan fingerprint density at radius 1 is 1.32 bits per heavy atom. The Labute approximate surface area is 130 Å². The van der Waals surface area contributed by atoms with E-state index in [2.05, 4.69) is 5.32 Å². The molecule has 0 radical (unpaired) electrons. The fraction of sp³-hybridized carbons (Fsp3) is 0.286. The summed E-state index contributed by atoms with van der Waals surface area (Å²) in [6.07, 6.45) is 0.446. The van der Waals surface area contributed by atoms with Gasteiger partial charge < -0.3 is 10.6 Å². The third kappa shape index (κ3) is 2.14. The number of carbonyl (C=O) groups is 4. The van der Waals surface area contributed by atoms with Crippen molar-refractivity contribution < 1.29 is 19.2 Å². The summed E-state index contributed by atoms with van der Waals surface area (Å²) in [5.74, 6) is -2.00. The molecule has 0 aromatic heterocycles. The molecule has 0 bridgehead atoms. The normalized spacial score (nSPS) is 20.9. The number of rotatable bonds is 2. The van der Waals surface area contributed by atoms with Crippen LogP contribution in [-0.4, -0.2) is 34.6 Å². The van der Waals surface area contributed by atoms with E-state index in [1.807, 2.05) is 0 Å². The van der Waals surface area contributed by atoms with Crippen molar-refractivity contribution in [2.45, 2.75) is 25.4 Å². The Hall–Kier alpha value is -2.41. The number of fused-ring (bicyclic) bond motifs is 1. The van der Waals surface area contributed by atoms with Crippen molar-refractivity contribution in [3.63, 3.8) is 0 Å². The summed E-state index contributed by atoms with van der Waals surface area (Å²) < 4.78 is 0. The number of piperidine rings is 1. The summed E-state index contributed by atoms with van der Waals surface area (Å²) in [6, 6.07) is 2.35.